The summed E-state index contributed by atoms with van der Waals surface area (Å²) in [6.45, 7) is 3.32. The van der Waals surface area contributed by atoms with Crippen molar-refractivity contribution in [3.05, 3.63) is 0 Å². The normalized spacial score (nSPS) is 23.4. The summed E-state index contributed by atoms with van der Waals surface area (Å²) in [5.41, 5.74) is 0. The van der Waals surface area contributed by atoms with Gasteiger partial charge in [-0.1, -0.05) is 13.3 Å². The van der Waals surface area contributed by atoms with Crippen LogP contribution in [0.25, 0.3) is 0 Å². The van der Waals surface area contributed by atoms with Crippen LogP contribution in [0.5, 0.6) is 0 Å². The lowest BCUT2D eigenvalue weighted by atomic mass is 10.2. The van der Waals surface area contributed by atoms with Crippen LogP contribution >= 0.6 is 0 Å². The molecule has 14 heavy (non-hydrogen) atoms. The molecule has 4 nitrogen and oxygen atoms in total. The fourth-order valence-electron chi connectivity index (χ4n) is 1.69. The number of hydrogen-bond acceptors (Lipinski definition) is 3. The smallest absolute Gasteiger partial charge is 0.237 e. The fraction of sp³-hybridized carbons (Fsp3) is 0.900. The Bertz CT molecular complexity index is 179. The number of hydrogen-bond donors (Lipinski definition) is 3. The molecule has 2 unspecified atom stereocenters. The van der Waals surface area contributed by atoms with Gasteiger partial charge in [0, 0.05) is 6.54 Å². The molecule has 2 atom stereocenters. The molecule has 0 aromatic carbocycles. The maximum Gasteiger partial charge on any atom is 0.237 e. The van der Waals surface area contributed by atoms with Gasteiger partial charge in [-0.15, -0.1) is 0 Å². The Morgan fingerprint density at radius 3 is 3.07 bits per heavy atom. The molecule has 0 aliphatic carbocycles. The van der Waals surface area contributed by atoms with Crippen molar-refractivity contribution < 1.29 is 9.90 Å². The van der Waals surface area contributed by atoms with Gasteiger partial charge in [-0.05, 0) is 25.8 Å². The Hall–Kier alpha value is -0.610. The molecular formula is C10H20N2O2. The number of rotatable bonds is 5. The van der Waals surface area contributed by atoms with Crippen molar-refractivity contribution in [2.24, 2.45) is 0 Å². The summed E-state index contributed by atoms with van der Waals surface area (Å²) in [5, 5.41) is 15.3. The highest BCUT2D eigenvalue weighted by Gasteiger charge is 2.21. The lowest BCUT2D eigenvalue weighted by Crippen LogP contribution is -2.43. The lowest BCUT2D eigenvalue weighted by molar-refractivity contribution is -0.123. The minimum Gasteiger partial charge on any atom is -0.391 e. The van der Waals surface area contributed by atoms with Gasteiger partial charge in [0.15, 0.2) is 0 Å². The number of carbonyl (C=O) groups excluding carboxylic acids is 1. The molecule has 1 amide bonds. The third kappa shape index (κ3) is 3.64. The first-order valence-electron chi connectivity index (χ1n) is 5.43. The zero-order valence-corrected chi connectivity index (χ0v) is 8.75. The molecule has 1 fully saturated rings. The first-order valence-corrected chi connectivity index (χ1v) is 5.43. The Labute approximate surface area is 85.1 Å². The highest BCUT2D eigenvalue weighted by Crippen LogP contribution is 2.04. The summed E-state index contributed by atoms with van der Waals surface area (Å²) in [6.07, 6.45) is 3.27. The predicted octanol–water partition coefficient (Wildman–Crippen LogP) is 0.0156. The third-order valence-electron chi connectivity index (χ3n) is 2.51. The van der Waals surface area contributed by atoms with E-state index in [2.05, 4.69) is 10.6 Å². The highest BCUT2D eigenvalue weighted by atomic mass is 16.3. The predicted molar refractivity (Wildman–Crippen MR) is 54.9 cm³/mol. The minimum absolute atomic E-state index is 0.0256. The molecule has 1 heterocycles. The van der Waals surface area contributed by atoms with Crippen LogP contribution in [0, 0.1) is 0 Å². The van der Waals surface area contributed by atoms with E-state index in [1.165, 1.54) is 0 Å². The van der Waals surface area contributed by atoms with Gasteiger partial charge in [-0.3, -0.25) is 4.79 Å². The van der Waals surface area contributed by atoms with E-state index < -0.39 is 6.10 Å². The van der Waals surface area contributed by atoms with Gasteiger partial charge in [0.1, 0.15) is 0 Å². The van der Waals surface area contributed by atoms with Crippen LogP contribution in [0.2, 0.25) is 0 Å². The zero-order chi connectivity index (χ0) is 10.4. The Balaban J connectivity index is 2.13. The van der Waals surface area contributed by atoms with Crippen LogP contribution in [0.1, 0.15) is 32.6 Å². The van der Waals surface area contributed by atoms with Gasteiger partial charge in [-0.2, -0.15) is 0 Å². The summed E-state index contributed by atoms with van der Waals surface area (Å²) in [4.78, 5) is 11.5. The van der Waals surface area contributed by atoms with Crippen molar-refractivity contribution in [1.29, 1.82) is 0 Å². The molecule has 82 valence electrons. The monoisotopic (exact) mass is 200 g/mol. The van der Waals surface area contributed by atoms with Crippen molar-refractivity contribution in [3.8, 4) is 0 Å². The van der Waals surface area contributed by atoms with E-state index in [4.69, 9.17) is 0 Å². The largest absolute Gasteiger partial charge is 0.391 e. The molecule has 0 radical (unpaired) electrons. The first kappa shape index (κ1) is 11.5. The summed E-state index contributed by atoms with van der Waals surface area (Å²) in [6, 6.07) is -0.0381. The molecule has 1 saturated heterocycles. The van der Waals surface area contributed by atoms with Crippen molar-refractivity contribution in [1.82, 2.24) is 10.6 Å². The average Bonchev–Trinajstić information content (AvgIpc) is 2.67. The molecule has 0 spiro atoms. The van der Waals surface area contributed by atoms with Crippen molar-refractivity contribution in [2.45, 2.75) is 44.8 Å². The fourth-order valence-corrected chi connectivity index (χ4v) is 1.69. The average molecular weight is 200 g/mol. The van der Waals surface area contributed by atoms with Crippen LogP contribution in [-0.4, -0.2) is 36.2 Å². The lowest BCUT2D eigenvalue weighted by Gasteiger charge is -2.14. The SMILES string of the molecule is CCCC(O)CNC(=O)C1CCCN1. The molecule has 0 bridgehead atoms. The van der Waals surface area contributed by atoms with Gasteiger partial charge in [0.25, 0.3) is 0 Å². The number of nitrogens with one attached hydrogen (secondary N) is 2. The van der Waals surface area contributed by atoms with Gasteiger partial charge < -0.3 is 15.7 Å². The van der Waals surface area contributed by atoms with E-state index in [9.17, 15) is 9.90 Å². The second-order valence-corrected chi connectivity index (χ2v) is 3.84. The number of aliphatic hydroxyl groups excluding tert-OH is 1. The highest BCUT2D eigenvalue weighted by molar-refractivity contribution is 5.81. The molecule has 0 saturated carbocycles. The van der Waals surface area contributed by atoms with E-state index in [0.717, 1.165) is 32.2 Å². The minimum atomic E-state index is -0.398. The Morgan fingerprint density at radius 1 is 1.71 bits per heavy atom. The second kappa shape index (κ2) is 5.98. The maximum atomic E-state index is 11.5. The summed E-state index contributed by atoms with van der Waals surface area (Å²) < 4.78 is 0. The standard InChI is InChI=1S/C10H20N2O2/c1-2-4-8(13)7-12-10(14)9-5-3-6-11-9/h8-9,11,13H,2-7H2,1H3,(H,12,14). The van der Waals surface area contributed by atoms with Crippen LogP contribution in [0.15, 0.2) is 0 Å². The summed E-state index contributed by atoms with van der Waals surface area (Å²) >= 11 is 0. The van der Waals surface area contributed by atoms with Crippen molar-refractivity contribution in [2.75, 3.05) is 13.1 Å². The molecule has 3 N–H and O–H groups in total. The van der Waals surface area contributed by atoms with Crippen LogP contribution in [0.3, 0.4) is 0 Å². The van der Waals surface area contributed by atoms with Crippen LogP contribution in [-0.2, 0) is 4.79 Å². The number of carbonyl (C=O) groups is 1. The summed E-state index contributed by atoms with van der Waals surface area (Å²) in [5.74, 6) is 0.0256. The second-order valence-electron chi connectivity index (χ2n) is 3.84. The Morgan fingerprint density at radius 2 is 2.50 bits per heavy atom. The molecule has 0 aromatic heterocycles. The summed E-state index contributed by atoms with van der Waals surface area (Å²) in [7, 11) is 0. The van der Waals surface area contributed by atoms with Crippen LogP contribution < -0.4 is 10.6 Å². The zero-order valence-electron chi connectivity index (χ0n) is 8.75. The van der Waals surface area contributed by atoms with E-state index in [1.54, 1.807) is 0 Å². The molecule has 1 aliphatic heterocycles. The van der Waals surface area contributed by atoms with Crippen LogP contribution in [0.4, 0.5) is 0 Å². The Kier molecular flexibility index (Phi) is 4.90. The molecule has 4 heteroatoms. The van der Waals surface area contributed by atoms with Crippen molar-refractivity contribution in [3.63, 3.8) is 0 Å². The number of amides is 1. The molecule has 1 rings (SSSR count). The molecule has 1 aliphatic rings. The van der Waals surface area contributed by atoms with Gasteiger partial charge in [-0.25, -0.2) is 0 Å². The van der Waals surface area contributed by atoms with E-state index in [0.29, 0.717) is 6.54 Å². The van der Waals surface area contributed by atoms with Gasteiger partial charge in [0.05, 0.1) is 12.1 Å². The van der Waals surface area contributed by atoms with Gasteiger partial charge in [0.2, 0.25) is 5.91 Å². The van der Waals surface area contributed by atoms with E-state index >= 15 is 0 Å². The first-order chi connectivity index (χ1) is 6.74. The topological polar surface area (TPSA) is 61.4 Å². The number of aliphatic hydroxyl groups is 1. The third-order valence-corrected chi connectivity index (χ3v) is 2.51. The van der Waals surface area contributed by atoms with Crippen molar-refractivity contribution >= 4 is 5.91 Å². The van der Waals surface area contributed by atoms with E-state index in [-0.39, 0.29) is 11.9 Å². The van der Waals surface area contributed by atoms with Gasteiger partial charge >= 0.3 is 0 Å². The molecule has 0 aromatic rings. The maximum absolute atomic E-state index is 11.5. The quantitative estimate of drug-likeness (QED) is 0.586. The molecular weight excluding hydrogens is 180 g/mol. The van der Waals surface area contributed by atoms with E-state index in [1.807, 2.05) is 6.92 Å².